The second-order valence-electron chi connectivity index (χ2n) is 5.05. The largest absolute Gasteiger partial charge is 0.387 e. The molecule has 0 radical (unpaired) electrons. The van der Waals surface area contributed by atoms with Crippen LogP contribution in [0.3, 0.4) is 0 Å². The third kappa shape index (κ3) is 4.78. The summed E-state index contributed by atoms with van der Waals surface area (Å²) in [4.78, 5) is 0. The van der Waals surface area contributed by atoms with Gasteiger partial charge in [0.05, 0.1) is 12.4 Å². The summed E-state index contributed by atoms with van der Waals surface area (Å²) >= 11 is 3.49. The summed E-state index contributed by atoms with van der Waals surface area (Å²) < 4.78 is 6.71. The molecule has 0 bridgehead atoms. The average molecular weight is 313 g/mol. The van der Waals surface area contributed by atoms with Crippen LogP contribution in [0.5, 0.6) is 0 Å². The first kappa shape index (κ1) is 15.2. The van der Waals surface area contributed by atoms with Crippen molar-refractivity contribution in [3.05, 3.63) is 34.3 Å². The summed E-state index contributed by atoms with van der Waals surface area (Å²) in [6.45, 7) is 5.28. The summed E-state index contributed by atoms with van der Waals surface area (Å²) in [7, 11) is 0. The molecule has 0 amide bonds. The van der Waals surface area contributed by atoms with Gasteiger partial charge in [-0.05, 0) is 24.5 Å². The second-order valence-corrected chi connectivity index (χ2v) is 5.90. The summed E-state index contributed by atoms with van der Waals surface area (Å²) in [6, 6.07) is 8.05. The minimum Gasteiger partial charge on any atom is -0.387 e. The topological polar surface area (TPSA) is 59.1 Å². The van der Waals surface area contributed by atoms with Gasteiger partial charge in [-0.2, -0.15) is 0 Å². The Morgan fingerprint density at radius 3 is 2.67 bits per heavy atom. The number of hydrogen-bond acceptors (Lipinski definition) is 2. The number of amidine groups is 1. The fourth-order valence-corrected chi connectivity index (χ4v) is 1.95. The monoisotopic (exact) mass is 312 g/mol. The molecule has 0 atom stereocenters. The lowest BCUT2D eigenvalue weighted by molar-refractivity contribution is 0.112. The molecular weight excluding hydrogens is 292 g/mol. The van der Waals surface area contributed by atoms with Gasteiger partial charge >= 0.3 is 0 Å². The van der Waals surface area contributed by atoms with Gasteiger partial charge in [-0.1, -0.05) is 48.0 Å². The van der Waals surface area contributed by atoms with Crippen LogP contribution < -0.4 is 5.73 Å². The van der Waals surface area contributed by atoms with Crippen LogP contribution >= 0.6 is 15.9 Å². The molecule has 4 heteroatoms. The number of nitrogens with two attached hydrogens (primary N) is 1. The Morgan fingerprint density at radius 1 is 1.39 bits per heavy atom. The number of nitrogens with one attached hydrogen (secondary N) is 1. The van der Waals surface area contributed by atoms with Crippen LogP contribution in [0.2, 0.25) is 0 Å². The minimum absolute atomic E-state index is 0.226. The highest BCUT2D eigenvalue weighted by Gasteiger charge is 2.20. The first-order valence-electron chi connectivity index (χ1n) is 6.09. The maximum Gasteiger partial charge on any atom is 0.0963 e. The standard InChI is InChI=1S/C14H21BrN2O/c1-14(2,13(16)17)8-5-9-18-10-11-6-3-4-7-12(11)15/h3-4,6-7H,5,8-10H2,1-2H3,(H3,16,17). The number of rotatable bonds is 7. The molecule has 100 valence electrons. The van der Waals surface area contributed by atoms with E-state index in [9.17, 15) is 0 Å². The molecule has 0 heterocycles. The van der Waals surface area contributed by atoms with E-state index in [4.69, 9.17) is 15.9 Å². The van der Waals surface area contributed by atoms with Crippen molar-refractivity contribution in [2.75, 3.05) is 6.61 Å². The van der Waals surface area contributed by atoms with Gasteiger partial charge in [0.2, 0.25) is 0 Å². The number of ether oxygens (including phenoxy) is 1. The molecular formula is C14H21BrN2O. The van der Waals surface area contributed by atoms with Crippen LogP contribution in [-0.2, 0) is 11.3 Å². The molecule has 1 aromatic rings. The van der Waals surface area contributed by atoms with Gasteiger partial charge in [0, 0.05) is 16.5 Å². The predicted octanol–water partition coefficient (Wildman–Crippen LogP) is 3.71. The molecule has 0 aliphatic rings. The fraction of sp³-hybridized carbons (Fsp3) is 0.500. The van der Waals surface area contributed by atoms with Crippen LogP contribution in [0.25, 0.3) is 0 Å². The van der Waals surface area contributed by atoms with E-state index in [1.165, 1.54) is 0 Å². The normalized spacial score (nSPS) is 11.5. The lowest BCUT2D eigenvalue weighted by atomic mass is 9.87. The highest BCUT2D eigenvalue weighted by molar-refractivity contribution is 9.10. The van der Waals surface area contributed by atoms with Gasteiger partial charge < -0.3 is 10.5 Å². The molecule has 0 aliphatic carbocycles. The molecule has 0 spiro atoms. The zero-order chi connectivity index (χ0) is 13.6. The number of benzene rings is 1. The summed E-state index contributed by atoms with van der Waals surface area (Å²) in [6.07, 6.45) is 1.79. The summed E-state index contributed by atoms with van der Waals surface area (Å²) in [5.74, 6) is 0.244. The van der Waals surface area contributed by atoms with E-state index < -0.39 is 0 Å². The van der Waals surface area contributed by atoms with E-state index in [0.717, 1.165) is 22.9 Å². The average Bonchev–Trinajstić information content (AvgIpc) is 2.30. The van der Waals surface area contributed by atoms with E-state index in [0.29, 0.717) is 13.2 Å². The Balaban J connectivity index is 2.24. The van der Waals surface area contributed by atoms with Gasteiger partial charge in [-0.3, -0.25) is 5.41 Å². The molecule has 18 heavy (non-hydrogen) atoms. The van der Waals surface area contributed by atoms with Gasteiger partial charge in [0.25, 0.3) is 0 Å². The third-order valence-corrected chi connectivity index (χ3v) is 3.81. The molecule has 1 aromatic carbocycles. The van der Waals surface area contributed by atoms with Crippen molar-refractivity contribution in [3.8, 4) is 0 Å². The molecule has 0 saturated carbocycles. The SMILES string of the molecule is CC(C)(CCCOCc1ccccc1Br)C(=N)N. The van der Waals surface area contributed by atoms with Crippen LogP contribution in [0.15, 0.2) is 28.7 Å². The molecule has 0 fully saturated rings. The van der Waals surface area contributed by atoms with Crippen molar-refractivity contribution in [3.63, 3.8) is 0 Å². The van der Waals surface area contributed by atoms with Gasteiger partial charge in [0.15, 0.2) is 0 Å². The lowest BCUT2D eigenvalue weighted by Crippen LogP contribution is -2.30. The van der Waals surface area contributed by atoms with Crippen molar-refractivity contribution in [1.82, 2.24) is 0 Å². The smallest absolute Gasteiger partial charge is 0.0963 e. The van der Waals surface area contributed by atoms with E-state index >= 15 is 0 Å². The van der Waals surface area contributed by atoms with Gasteiger partial charge in [-0.25, -0.2) is 0 Å². The number of halogens is 1. The highest BCUT2D eigenvalue weighted by Crippen LogP contribution is 2.22. The maximum absolute atomic E-state index is 7.47. The summed E-state index contributed by atoms with van der Waals surface area (Å²) in [5, 5.41) is 7.47. The summed E-state index contributed by atoms with van der Waals surface area (Å²) in [5.41, 5.74) is 6.46. The molecule has 0 unspecified atom stereocenters. The third-order valence-electron chi connectivity index (χ3n) is 3.03. The second kappa shape index (κ2) is 6.90. The Morgan fingerprint density at radius 2 is 2.06 bits per heavy atom. The Kier molecular flexibility index (Phi) is 5.82. The lowest BCUT2D eigenvalue weighted by Gasteiger charge is -2.22. The molecule has 0 aromatic heterocycles. The zero-order valence-corrected chi connectivity index (χ0v) is 12.6. The molecule has 0 saturated heterocycles. The van der Waals surface area contributed by atoms with Crippen molar-refractivity contribution >= 4 is 21.8 Å². The van der Waals surface area contributed by atoms with E-state index in [2.05, 4.69) is 15.9 Å². The first-order valence-corrected chi connectivity index (χ1v) is 6.88. The van der Waals surface area contributed by atoms with E-state index in [-0.39, 0.29) is 11.3 Å². The Hall–Kier alpha value is -0.870. The predicted molar refractivity (Wildman–Crippen MR) is 78.7 cm³/mol. The minimum atomic E-state index is -0.226. The van der Waals surface area contributed by atoms with E-state index in [1.54, 1.807) is 0 Å². The van der Waals surface area contributed by atoms with Crippen molar-refractivity contribution in [2.24, 2.45) is 11.1 Å². The van der Waals surface area contributed by atoms with Crippen LogP contribution in [0.4, 0.5) is 0 Å². The van der Waals surface area contributed by atoms with Crippen LogP contribution in [0, 0.1) is 10.8 Å². The van der Waals surface area contributed by atoms with Crippen molar-refractivity contribution in [1.29, 1.82) is 5.41 Å². The zero-order valence-electron chi connectivity index (χ0n) is 11.0. The molecule has 0 aliphatic heterocycles. The van der Waals surface area contributed by atoms with E-state index in [1.807, 2.05) is 38.1 Å². The van der Waals surface area contributed by atoms with Crippen LogP contribution in [0.1, 0.15) is 32.3 Å². The maximum atomic E-state index is 7.47. The van der Waals surface area contributed by atoms with Crippen molar-refractivity contribution in [2.45, 2.75) is 33.3 Å². The molecule has 3 N–H and O–H groups in total. The quantitative estimate of drug-likeness (QED) is 0.458. The highest BCUT2D eigenvalue weighted by atomic mass is 79.9. The molecule has 3 nitrogen and oxygen atoms in total. The Bertz CT molecular complexity index is 405. The number of hydrogen-bond donors (Lipinski definition) is 2. The fourth-order valence-electron chi connectivity index (χ4n) is 1.55. The van der Waals surface area contributed by atoms with Crippen LogP contribution in [-0.4, -0.2) is 12.4 Å². The van der Waals surface area contributed by atoms with Gasteiger partial charge in [-0.15, -0.1) is 0 Å². The molecule has 1 rings (SSSR count). The van der Waals surface area contributed by atoms with Crippen molar-refractivity contribution < 1.29 is 4.74 Å². The Labute approximate surface area is 117 Å². The van der Waals surface area contributed by atoms with Gasteiger partial charge in [0.1, 0.15) is 0 Å². The first-order chi connectivity index (χ1) is 8.43.